The number of methoxy groups -OCH3 is 1. The van der Waals surface area contributed by atoms with Crippen molar-refractivity contribution in [3.8, 4) is 5.75 Å². The predicted molar refractivity (Wildman–Crippen MR) is 139 cm³/mol. The molecule has 0 amide bonds. The van der Waals surface area contributed by atoms with Crippen LogP contribution < -0.4 is 10.5 Å². The second kappa shape index (κ2) is 9.14. The highest BCUT2D eigenvalue weighted by Crippen LogP contribution is 2.72. The fourth-order valence-electron chi connectivity index (χ4n) is 6.76. The maximum atomic E-state index is 14.0. The molecule has 1 fully saturated rings. The highest BCUT2D eigenvalue weighted by atomic mass is 16.5. The number of carbonyl (C=O) groups excluding carboxylic acids is 1. The number of ether oxygens (including phenoxy) is 1. The Balaban J connectivity index is 1.64. The molecule has 2 aliphatic rings. The summed E-state index contributed by atoms with van der Waals surface area (Å²) in [5, 5.41) is 0. The van der Waals surface area contributed by atoms with E-state index in [2.05, 4.69) is 40.8 Å². The van der Waals surface area contributed by atoms with E-state index < -0.39 is 6.04 Å². The summed E-state index contributed by atoms with van der Waals surface area (Å²) in [6.07, 6.45) is 2.63. The molecule has 0 radical (unpaired) electrons. The number of hydrogen-bond acceptors (Lipinski definition) is 4. The summed E-state index contributed by atoms with van der Waals surface area (Å²) in [4.78, 5) is 18.8. The molecular weight excluding hydrogens is 420 g/mol. The molecule has 0 aromatic heterocycles. The van der Waals surface area contributed by atoms with Crippen molar-refractivity contribution in [3.05, 3.63) is 76.9 Å². The Morgan fingerprint density at radius 2 is 1.65 bits per heavy atom. The summed E-state index contributed by atoms with van der Waals surface area (Å²) in [7, 11) is 1.67. The Morgan fingerprint density at radius 1 is 1.03 bits per heavy atom. The van der Waals surface area contributed by atoms with Gasteiger partial charge in [0, 0.05) is 28.9 Å². The molecule has 0 spiro atoms. The van der Waals surface area contributed by atoms with Gasteiger partial charge in [-0.3, -0.25) is 9.79 Å². The van der Waals surface area contributed by atoms with Crippen molar-refractivity contribution in [3.63, 3.8) is 0 Å². The normalized spacial score (nSPS) is 31.3. The first-order valence-corrected chi connectivity index (χ1v) is 12.3. The van der Waals surface area contributed by atoms with E-state index in [-0.39, 0.29) is 28.4 Å². The van der Waals surface area contributed by atoms with Crippen molar-refractivity contribution in [2.75, 3.05) is 7.11 Å². The molecule has 0 saturated heterocycles. The van der Waals surface area contributed by atoms with Gasteiger partial charge in [-0.05, 0) is 49.4 Å². The number of carbonyl (C=O) groups is 1. The summed E-state index contributed by atoms with van der Waals surface area (Å²) < 4.78 is 5.26. The second-order valence-electron chi connectivity index (χ2n) is 10.6. The number of fused-ring (bicyclic) bond motifs is 2. The van der Waals surface area contributed by atoms with Gasteiger partial charge in [0.25, 0.3) is 0 Å². The molecule has 1 saturated carbocycles. The molecule has 4 nitrogen and oxygen atoms in total. The standard InChI is InChI=1S/C30H38N2O2/c1-19-20(2)30(5)21(3)29(19,4)25(18-32-17-23-12-14-24(34-6)15-13-23)27(30)28(33)26(31)16-22-10-8-7-9-11-22/h7-15,18,21,25-27H,16-17,31H2,1-6H3/t21?,25?,26-,27?,29?,30?/m0/s1. The van der Waals surface area contributed by atoms with Crippen LogP contribution in [-0.4, -0.2) is 25.1 Å². The van der Waals surface area contributed by atoms with Crippen LogP contribution in [0.4, 0.5) is 0 Å². The number of nitrogens with two attached hydrogens (primary N) is 1. The molecule has 6 atom stereocenters. The highest BCUT2D eigenvalue weighted by molar-refractivity contribution is 5.92. The van der Waals surface area contributed by atoms with Crippen molar-refractivity contribution < 1.29 is 9.53 Å². The fourth-order valence-corrected chi connectivity index (χ4v) is 6.76. The maximum Gasteiger partial charge on any atom is 0.154 e. The average Bonchev–Trinajstić information content (AvgIpc) is 3.10. The van der Waals surface area contributed by atoms with Gasteiger partial charge in [0.15, 0.2) is 5.78 Å². The second-order valence-corrected chi connectivity index (χ2v) is 10.6. The first kappa shape index (κ1) is 24.4. The lowest BCUT2D eigenvalue weighted by molar-refractivity contribution is -0.127. The molecule has 5 unspecified atom stereocenters. The molecule has 4 heteroatoms. The minimum atomic E-state index is -0.523. The van der Waals surface area contributed by atoms with Gasteiger partial charge in [-0.15, -0.1) is 0 Å². The number of aliphatic imine (C=N–C) groups is 1. The monoisotopic (exact) mass is 458 g/mol. The fraction of sp³-hybridized carbons (Fsp3) is 0.467. The lowest BCUT2D eigenvalue weighted by Crippen LogP contribution is -2.47. The highest BCUT2D eigenvalue weighted by Gasteiger charge is 2.69. The van der Waals surface area contributed by atoms with Crippen LogP contribution in [0, 0.1) is 28.6 Å². The van der Waals surface area contributed by atoms with Crippen molar-refractivity contribution in [2.45, 2.75) is 53.6 Å². The Bertz CT molecular complexity index is 1100. The molecule has 0 aliphatic heterocycles. The molecular formula is C30H38N2O2. The van der Waals surface area contributed by atoms with E-state index in [1.807, 2.05) is 54.6 Å². The molecule has 2 N–H and O–H groups in total. The van der Waals surface area contributed by atoms with Gasteiger partial charge in [0.2, 0.25) is 0 Å². The van der Waals surface area contributed by atoms with E-state index in [9.17, 15) is 4.79 Å². The van der Waals surface area contributed by atoms with Crippen LogP contribution in [0.15, 0.2) is 70.7 Å². The number of rotatable bonds is 8. The van der Waals surface area contributed by atoms with Crippen molar-refractivity contribution in [2.24, 2.45) is 39.3 Å². The molecule has 2 aliphatic carbocycles. The maximum absolute atomic E-state index is 14.0. The van der Waals surface area contributed by atoms with Crippen LogP contribution in [0.25, 0.3) is 0 Å². The molecule has 2 bridgehead atoms. The van der Waals surface area contributed by atoms with E-state index in [1.54, 1.807) is 7.11 Å². The number of Topliss-reactive ketones (excluding diaryl/α,β-unsaturated/α-hetero) is 1. The summed E-state index contributed by atoms with van der Waals surface area (Å²) in [6, 6.07) is 17.5. The summed E-state index contributed by atoms with van der Waals surface area (Å²) >= 11 is 0. The van der Waals surface area contributed by atoms with E-state index in [4.69, 9.17) is 15.5 Å². The van der Waals surface area contributed by atoms with Gasteiger partial charge in [-0.2, -0.15) is 0 Å². The number of nitrogens with zero attached hydrogens (tertiary/aromatic N) is 1. The number of ketones is 1. The van der Waals surface area contributed by atoms with Gasteiger partial charge >= 0.3 is 0 Å². The van der Waals surface area contributed by atoms with Crippen molar-refractivity contribution >= 4 is 12.0 Å². The van der Waals surface area contributed by atoms with E-state index in [0.29, 0.717) is 18.9 Å². The van der Waals surface area contributed by atoms with Crippen LogP contribution in [0.5, 0.6) is 5.75 Å². The third kappa shape index (κ3) is 3.73. The molecule has 34 heavy (non-hydrogen) atoms. The third-order valence-electron chi connectivity index (χ3n) is 9.34. The molecule has 180 valence electrons. The van der Waals surface area contributed by atoms with Crippen LogP contribution in [0.1, 0.15) is 45.7 Å². The summed E-state index contributed by atoms with van der Waals surface area (Å²) in [5.74, 6) is 1.20. The zero-order valence-electron chi connectivity index (χ0n) is 21.3. The van der Waals surface area contributed by atoms with Gasteiger partial charge in [0.05, 0.1) is 19.7 Å². The van der Waals surface area contributed by atoms with Gasteiger partial charge in [0.1, 0.15) is 5.75 Å². The average molecular weight is 459 g/mol. The molecule has 4 rings (SSSR count). The summed E-state index contributed by atoms with van der Waals surface area (Å²) in [6.45, 7) is 11.9. The van der Waals surface area contributed by atoms with Crippen LogP contribution in [-0.2, 0) is 17.8 Å². The van der Waals surface area contributed by atoms with E-state index >= 15 is 0 Å². The van der Waals surface area contributed by atoms with Crippen molar-refractivity contribution in [1.82, 2.24) is 0 Å². The number of benzene rings is 2. The van der Waals surface area contributed by atoms with Crippen LogP contribution in [0.3, 0.4) is 0 Å². The largest absolute Gasteiger partial charge is 0.497 e. The Kier molecular flexibility index (Phi) is 6.56. The third-order valence-corrected chi connectivity index (χ3v) is 9.34. The number of allylic oxidation sites excluding steroid dienone is 2. The Morgan fingerprint density at radius 3 is 2.26 bits per heavy atom. The van der Waals surface area contributed by atoms with Gasteiger partial charge in [-0.1, -0.05) is 74.4 Å². The van der Waals surface area contributed by atoms with Crippen LogP contribution >= 0.6 is 0 Å². The lowest BCUT2D eigenvalue weighted by Gasteiger charge is -2.40. The van der Waals surface area contributed by atoms with Crippen molar-refractivity contribution in [1.29, 1.82) is 0 Å². The first-order chi connectivity index (χ1) is 16.1. The minimum Gasteiger partial charge on any atom is -0.497 e. The van der Waals surface area contributed by atoms with E-state index in [1.165, 1.54) is 11.1 Å². The lowest BCUT2D eigenvalue weighted by atomic mass is 9.63. The number of hydrogen-bond donors (Lipinski definition) is 1. The quantitative estimate of drug-likeness (QED) is 0.411. The Hall–Kier alpha value is -2.72. The van der Waals surface area contributed by atoms with Gasteiger partial charge in [-0.25, -0.2) is 0 Å². The minimum absolute atomic E-state index is 0.0313. The van der Waals surface area contributed by atoms with Gasteiger partial charge < -0.3 is 10.5 Å². The zero-order chi connectivity index (χ0) is 24.7. The summed E-state index contributed by atoms with van der Waals surface area (Å²) in [5.41, 5.74) is 11.2. The molecule has 2 aromatic rings. The first-order valence-electron chi connectivity index (χ1n) is 12.3. The molecule has 2 aromatic carbocycles. The SMILES string of the molecule is COc1ccc(CN=CC2C(C(=O)[C@@H](N)Cc3ccccc3)C3(C)C(C)=C(C)C2(C)C3C)cc1. The predicted octanol–water partition coefficient (Wildman–Crippen LogP) is 5.65. The Labute approximate surface area is 204 Å². The van der Waals surface area contributed by atoms with E-state index in [0.717, 1.165) is 16.9 Å². The topological polar surface area (TPSA) is 64.7 Å². The smallest absolute Gasteiger partial charge is 0.154 e. The van der Waals surface area contributed by atoms with Crippen LogP contribution in [0.2, 0.25) is 0 Å². The zero-order valence-corrected chi connectivity index (χ0v) is 21.3. The molecule has 0 heterocycles.